The molecule has 27 heavy (non-hydrogen) atoms. The van der Waals surface area contributed by atoms with Gasteiger partial charge in [0.1, 0.15) is 0 Å². The van der Waals surface area contributed by atoms with E-state index in [-0.39, 0.29) is 5.91 Å². The second-order valence-electron chi connectivity index (χ2n) is 6.93. The van der Waals surface area contributed by atoms with Crippen LogP contribution in [0, 0.1) is 0 Å². The van der Waals surface area contributed by atoms with E-state index in [2.05, 4.69) is 47.4 Å². The molecule has 0 spiro atoms. The minimum absolute atomic E-state index is 0.147. The first-order valence-corrected chi connectivity index (χ1v) is 9.52. The van der Waals surface area contributed by atoms with Crippen LogP contribution in [0.3, 0.4) is 0 Å². The molecule has 4 rings (SSSR count). The van der Waals surface area contributed by atoms with E-state index in [9.17, 15) is 4.79 Å². The SMILES string of the molecule is O=C(c1ccccc1Cc1ccccc1)N1CCN(c2ccccc2)CC1. The molecule has 1 amide bonds. The van der Waals surface area contributed by atoms with Gasteiger partial charge in [-0.2, -0.15) is 0 Å². The number of hydrogen-bond acceptors (Lipinski definition) is 2. The molecule has 0 bridgehead atoms. The molecule has 1 aliphatic rings. The molecule has 0 atom stereocenters. The minimum atomic E-state index is 0.147. The van der Waals surface area contributed by atoms with E-state index in [4.69, 9.17) is 0 Å². The van der Waals surface area contributed by atoms with Crippen molar-refractivity contribution in [2.45, 2.75) is 6.42 Å². The summed E-state index contributed by atoms with van der Waals surface area (Å²) >= 11 is 0. The van der Waals surface area contributed by atoms with Gasteiger partial charge in [-0.25, -0.2) is 0 Å². The van der Waals surface area contributed by atoms with Gasteiger partial charge in [-0.3, -0.25) is 4.79 Å². The quantitative estimate of drug-likeness (QED) is 0.698. The number of carbonyl (C=O) groups excluding carboxylic acids is 1. The van der Waals surface area contributed by atoms with E-state index < -0.39 is 0 Å². The topological polar surface area (TPSA) is 23.6 Å². The Morgan fingerprint density at radius 3 is 2.00 bits per heavy atom. The van der Waals surface area contributed by atoms with Crippen molar-refractivity contribution in [2.75, 3.05) is 31.1 Å². The van der Waals surface area contributed by atoms with Crippen LogP contribution in [0.5, 0.6) is 0 Å². The van der Waals surface area contributed by atoms with Crippen LogP contribution in [-0.2, 0) is 6.42 Å². The van der Waals surface area contributed by atoms with Crippen LogP contribution < -0.4 is 4.90 Å². The molecule has 136 valence electrons. The predicted octanol–water partition coefficient (Wildman–Crippen LogP) is 4.24. The third-order valence-corrected chi connectivity index (χ3v) is 5.17. The third-order valence-electron chi connectivity index (χ3n) is 5.17. The Hall–Kier alpha value is -3.07. The average Bonchev–Trinajstić information content (AvgIpc) is 2.75. The fourth-order valence-electron chi connectivity index (χ4n) is 3.68. The van der Waals surface area contributed by atoms with Crippen LogP contribution in [0.2, 0.25) is 0 Å². The number of carbonyl (C=O) groups is 1. The molecule has 0 aliphatic carbocycles. The largest absolute Gasteiger partial charge is 0.368 e. The van der Waals surface area contributed by atoms with Crippen molar-refractivity contribution in [3.8, 4) is 0 Å². The molecule has 0 saturated carbocycles. The Kier molecular flexibility index (Phi) is 5.20. The Morgan fingerprint density at radius 2 is 1.30 bits per heavy atom. The lowest BCUT2D eigenvalue weighted by molar-refractivity contribution is 0.0746. The lowest BCUT2D eigenvalue weighted by atomic mass is 9.99. The lowest BCUT2D eigenvalue weighted by Gasteiger charge is -2.36. The molecular formula is C24H24N2O. The number of benzene rings is 3. The summed E-state index contributed by atoms with van der Waals surface area (Å²) in [6.45, 7) is 3.26. The number of amides is 1. The summed E-state index contributed by atoms with van der Waals surface area (Å²) in [5.41, 5.74) is 4.38. The molecule has 3 heteroatoms. The minimum Gasteiger partial charge on any atom is -0.368 e. The molecule has 0 unspecified atom stereocenters. The first kappa shape index (κ1) is 17.3. The van der Waals surface area contributed by atoms with Crippen molar-refractivity contribution in [3.63, 3.8) is 0 Å². The van der Waals surface area contributed by atoms with Crippen LogP contribution >= 0.6 is 0 Å². The summed E-state index contributed by atoms with van der Waals surface area (Å²) in [5.74, 6) is 0.147. The van der Waals surface area contributed by atoms with Gasteiger partial charge in [0.15, 0.2) is 0 Å². The molecular weight excluding hydrogens is 332 g/mol. The van der Waals surface area contributed by atoms with Crippen LogP contribution in [0.4, 0.5) is 5.69 Å². The number of nitrogens with zero attached hydrogens (tertiary/aromatic N) is 2. The molecule has 1 aliphatic heterocycles. The van der Waals surface area contributed by atoms with Gasteiger partial charge in [-0.1, -0.05) is 66.7 Å². The molecule has 3 aromatic carbocycles. The number of para-hydroxylation sites is 1. The zero-order chi connectivity index (χ0) is 18.5. The zero-order valence-corrected chi connectivity index (χ0v) is 15.4. The molecule has 3 nitrogen and oxygen atoms in total. The van der Waals surface area contributed by atoms with Gasteiger partial charge in [0, 0.05) is 37.4 Å². The molecule has 1 fully saturated rings. The number of piperazine rings is 1. The first-order valence-electron chi connectivity index (χ1n) is 9.52. The highest BCUT2D eigenvalue weighted by Crippen LogP contribution is 2.20. The Balaban J connectivity index is 1.46. The fraction of sp³-hybridized carbons (Fsp3) is 0.208. The summed E-state index contributed by atoms with van der Waals surface area (Å²) < 4.78 is 0. The summed E-state index contributed by atoms with van der Waals surface area (Å²) in [6, 6.07) is 28.8. The normalized spacial score (nSPS) is 14.2. The Labute approximate surface area is 160 Å². The van der Waals surface area contributed by atoms with Crippen molar-refractivity contribution in [1.82, 2.24) is 4.90 Å². The van der Waals surface area contributed by atoms with Gasteiger partial charge in [0.25, 0.3) is 5.91 Å². The highest BCUT2D eigenvalue weighted by atomic mass is 16.2. The Morgan fingerprint density at radius 1 is 0.704 bits per heavy atom. The highest BCUT2D eigenvalue weighted by molar-refractivity contribution is 5.96. The van der Waals surface area contributed by atoms with Crippen molar-refractivity contribution in [3.05, 3.63) is 102 Å². The fourth-order valence-corrected chi connectivity index (χ4v) is 3.68. The van der Waals surface area contributed by atoms with Gasteiger partial charge < -0.3 is 9.80 Å². The molecule has 1 heterocycles. The van der Waals surface area contributed by atoms with Crippen LogP contribution in [-0.4, -0.2) is 37.0 Å². The number of rotatable bonds is 4. The van der Waals surface area contributed by atoms with E-state index in [1.54, 1.807) is 0 Å². The van der Waals surface area contributed by atoms with Gasteiger partial charge in [0.2, 0.25) is 0 Å². The molecule has 1 saturated heterocycles. The van der Waals surface area contributed by atoms with E-state index in [1.165, 1.54) is 11.3 Å². The summed E-state index contributed by atoms with van der Waals surface area (Å²) in [6.07, 6.45) is 0.784. The summed E-state index contributed by atoms with van der Waals surface area (Å²) in [7, 11) is 0. The van der Waals surface area contributed by atoms with E-state index in [0.717, 1.165) is 43.7 Å². The monoisotopic (exact) mass is 356 g/mol. The molecule has 0 radical (unpaired) electrons. The summed E-state index contributed by atoms with van der Waals surface area (Å²) in [4.78, 5) is 17.5. The van der Waals surface area contributed by atoms with E-state index >= 15 is 0 Å². The maximum Gasteiger partial charge on any atom is 0.254 e. The van der Waals surface area contributed by atoms with Gasteiger partial charge in [-0.05, 0) is 35.7 Å². The predicted molar refractivity (Wildman–Crippen MR) is 110 cm³/mol. The van der Waals surface area contributed by atoms with Crippen molar-refractivity contribution >= 4 is 11.6 Å². The van der Waals surface area contributed by atoms with Crippen LogP contribution in [0.25, 0.3) is 0 Å². The van der Waals surface area contributed by atoms with Crippen molar-refractivity contribution < 1.29 is 4.79 Å². The lowest BCUT2D eigenvalue weighted by Crippen LogP contribution is -2.49. The Bertz CT molecular complexity index is 885. The number of hydrogen-bond donors (Lipinski definition) is 0. The van der Waals surface area contributed by atoms with E-state index in [1.807, 2.05) is 47.4 Å². The molecule has 3 aromatic rings. The van der Waals surface area contributed by atoms with Crippen LogP contribution in [0.1, 0.15) is 21.5 Å². The third kappa shape index (κ3) is 4.03. The van der Waals surface area contributed by atoms with Crippen molar-refractivity contribution in [2.24, 2.45) is 0 Å². The van der Waals surface area contributed by atoms with Gasteiger partial charge >= 0.3 is 0 Å². The second-order valence-corrected chi connectivity index (χ2v) is 6.93. The van der Waals surface area contributed by atoms with Gasteiger partial charge in [0.05, 0.1) is 0 Å². The second kappa shape index (κ2) is 8.09. The van der Waals surface area contributed by atoms with E-state index in [0.29, 0.717) is 0 Å². The average molecular weight is 356 g/mol. The maximum absolute atomic E-state index is 13.2. The number of anilines is 1. The maximum atomic E-state index is 13.2. The highest BCUT2D eigenvalue weighted by Gasteiger charge is 2.23. The standard InChI is InChI=1S/C24H24N2O/c27-24(26-17-15-25(16-18-26)22-12-5-2-6-13-22)23-14-8-7-11-21(23)19-20-9-3-1-4-10-20/h1-14H,15-19H2. The zero-order valence-electron chi connectivity index (χ0n) is 15.4. The smallest absolute Gasteiger partial charge is 0.254 e. The molecule has 0 aromatic heterocycles. The van der Waals surface area contributed by atoms with Crippen molar-refractivity contribution in [1.29, 1.82) is 0 Å². The summed E-state index contributed by atoms with van der Waals surface area (Å²) in [5, 5.41) is 0. The van der Waals surface area contributed by atoms with Gasteiger partial charge in [-0.15, -0.1) is 0 Å². The first-order chi connectivity index (χ1) is 13.3. The molecule has 0 N–H and O–H groups in total. The van der Waals surface area contributed by atoms with Crippen LogP contribution in [0.15, 0.2) is 84.9 Å².